The van der Waals surface area contributed by atoms with E-state index in [0.717, 1.165) is 22.1 Å². The Hall–Kier alpha value is -3.40. The minimum absolute atomic E-state index is 0.161. The van der Waals surface area contributed by atoms with Gasteiger partial charge in [0.1, 0.15) is 18.7 Å². The quantitative estimate of drug-likeness (QED) is 0.102. The first-order valence-corrected chi connectivity index (χ1v) is 20.4. The van der Waals surface area contributed by atoms with Crippen molar-refractivity contribution in [2.75, 3.05) is 12.9 Å². The summed E-state index contributed by atoms with van der Waals surface area (Å²) in [6.45, 7) is 11.4. The highest BCUT2D eigenvalue weighted by Gasteiger charge is 2.28. The number of fused-ring (bicyclic) bond motifs is 2. The highest BCUT2D eigenvalue weighted by atomic mass is 32.2. The van der Waals surface area contributed by atoms with Crippen LogP contribution in [0.4, 0.5) is 0 Å². The van der Waals surface area contributed by atoms with Crippen LogP contribution in [-0.2, 0) is 21.5 Å². The number of aliphatic hydroxyl groups is 1. The molecule has 11 heteroatoms. The zero-order valence-corrected chi connectivity index (χ0v) is 27.9. The molecule has 8 nitrogen and oxygen atoms in total. The average molecular weight is 633 g/mol. The Morgan fingerprint density at radius 2 is 1.81 bits per heavy atom. The Morgan fingerprint density at radius 1 is 1.09 bits per heavy atom. The molecule has 0 aliphatic rings. The highest BCUT2D eigenvalue weighted by molar-refractivity contribution is 7.98. The number of imidazole rings is 1. The SMILES string of the molecule is CSc1cc(C)c2c(ccn2S(=O)(=O)c2ccc(C)cc2)c1C(O)c1nc2ccc(C#N)cc2n1COCC[Si](C)(C)C. The number of aryl methyl sites for hydroxylation is 2. The van der Waals surface area contributed by atoms with Crippen LogP contribution in [0.25, 0.3) is 21.9 Å². The van der Waals surface area contributed by atoms with E-state index in [0.29, 0.717) is 45.5 Å². The minimum atomic E-state index is -3.89. The summed E-state index contributed by atoms with van der Waals surface area (Å²) in [7, 11) is -5.21. The van der Waals surface area contributed by atoms with Crippen LogP contribution in [0.2, 0.25) is 25.7 Å². The van der Waals surface area contributed by atoms with Gasteiger partial charge in [-0.25, -0.2) is 17.4 Å². The normalized spacial score (nSPS) is 13.1. The number of hydrogen-bond donors (Lipinski definition) is 1. The van der Waals surface area contributed by atoms with Crippen LogP contribution < -0.4 is 0 Å². The summed E-state index contributed by atoms with van der Waals surface area (Å²) in [4.78, 5) is 5.82. The maximum atomic E-state index is 13.8. The van der Waals surface area contributed by atoms with Crippen molar-refractivity contribution in [3.8, 4) is 6.07 Å². The third-order valence-corrected chi connectivity index (χ3v) is 11.7. The summed E-state index contributed by atoms with van der Waals surface area (Å²) in [5.74, 6) is 0.368. The van der Waals surface area contributed by atoms with E-state index in [1.807, 2.05) is 30.7 Å². The van der Waals surface area contributed by atoms with Gasteiger partial charge in [-0.2, -0.15) is 5.26 Å². The molecular formula is C32H36N4O4S2Si. The van der Waals surface area contributed by atoms with Crippen molar-refractivity contribution in [1.82, 2.24) is 13.5 Å². The minimum Gasteiger partial charge on any atom is -0.380 e. The maximum absolute atomic E-state index is 13.8. The van der Waals surface area contributed by atoms with E-state index in [-0.39, 0.29) is 11.6 Å². The topological polar surface area (TPSA) is 110 Å². The summed E-state index contributed by atoms with van der Waals surface area (Å²) in [6, 6.07) is 18.8. The van der Waals surface area contributed by atoms with E-state index in [1.165, 1.54) is 15.7 Å². The van der Waals surface area contributed by atoms with Crippen molar-refractivity contribution in [2.45, 2.75) is 62.2 Å². The lowest BCUT2D eigenvalue weighted by atomic mass is 10.0. The van der Waals surface area contributed by atoms with E-state index in [4.69, 9.17) is 9.72 Å². The predicted octanol–water partition coefficient (Wildman–Crippen LogP) is 6.83. The smallest absolute Gasteiger partial charge is 0.268 e. The van der Waals surface area contributed by atoms with Crippen LogP contribution >= 0.6 is 11.8 Å². The second-order valence-corrected chi connectivity index (χ2v) is 20.2. The summed E-state index contributed by atoms with van der Waals surface area (Å²) in [5.41, 5.74) is 4.63. The molecule has 0 spiro atoms. The van der Waals surface area contributed by atoms with Gasteiger partial charge < -0.3 is 14.4 Å². The van der Waals surface area contributed by atoms with Crippen molar-refractivity contribution in [1.29, 1.82) is 5.26 Å². The van der Waals surface area contributed by atoms with Crippen LogP contribution in [0.5, 0.6) is 0 Å². The van der Waals surface area contributed by atoms with Crippen molar-refractivity contribution in [3.05, 3.63) is 88.9 Å². The molecule has 0 amide bonds. The zero-order chi connectivity index (χ0) is 31.1. The van der Waals surface area contributed by atoms with E-state index in [1.54, 1.807) is 54.7 Å². The lowest BCUT2D eigenvalue weighted by Crippen LogP contribution is -2.22. The number of aliphatic hydroxyl groups excluding tert-OH is 1. The van der Waals surface area contributed by atoms with E-state index < -0.39 is 24.2 Å². The molecule has 0 saturated carbocycles. The maximum Gasteiger partial charge on any atom is 0.268 e. The Bertz CT molecular complexity index is 1970. The van der Waals surface area contributed by atoms with Gasteiger partial charge in [-0.05, 0) is 74.2 Å². The summed E-state index contributed by atoms with van der Waals surface area (Å²) in [5, 5.41) is 22.3. The van der Waals surface area contributed by atoms with Crippen LogP contribution in [-0.4, -0.2) is 48.0 Å². The number of thioether (sulfide) groups is 1. The molecule has 0 fully saturated rings. The first-order valence-electron chi connectivity index (χ1n) is 14.0. The largest absolute Gasteiger partial charge is 0.380 e. The third-order valence-electron chi connectivity index (χ3n) is 7.57. The predicted molar refractivity (Wildman–Crippen MR) is 175 cm³/mol. The van der Waals surface area contributed by atoms with Gasteiger partial charge in [0.15, 0.2) is 0 Å². The van der Waals surface area contributed by atoms with Crippen molar-refractivity contribution < 1.29 is 18.3 Å². The zero-order valence-electron chi connectivity index (χ0n) is 25.2. The molecule has 2 aromatic heterocycles. The summed E-state index contributed by atoms with van der Waals surface area (Å²) in [6.07, 6.45) is 2.29. The van der Waals surface area contributed by atoms with Gasteiger partial charge in [0.25, 0.3) is 10.0 Å². The van der Waals surface area contributed by atoms with Crippen LogP contribution in [0.15, 0.2) is 70.6 Å². The van der Waals surface area contributed by atoms with Gasteiger partial charge in [0, 0.05) is 36.7 Å². The molecule has 43 heavy (non-hydrogen) atoms. The lowest BCUT2D eigenvalue weighted by Gasteiger charge is -2.20. The highest BCUT2D eigenvalue weighted by Crippen LogP contribution is 2.40. The van der Waals surface area contributed by atoms with Crippen molar-refractivity contribution in [2.24, 2.45) is 0 Å². The molecule has 1 N–H and O–H groups in total. The van der Waals surface area contributed by atoms with Gasteiger partial charge in [-0.15, -0.1) is 11.8 Å². The molecule has 5 aromatic rings. The standard InChI is InChI=1S/C32H36N4O4S2Si/c1-21-7-10-24(11-8-21)42(38,39)36-14-13-25-29(28(41-3)17-22(2)30(25)36)31(37)32-34-26-12-9-23(19-33)18-27(26)35(32)20-40-15-16-43(4,5)6/h7-14,17-18,31,37H,15-16,20H2,1-6H3. The number of aromatic nitrogens is 3. The summed E-state index contributed by atoms with van der Waals surface area (Å²) < 4.78 is 36.8. The fourth-order valence-electron chi connectivity index (χ4n) is 5.19. The van der Waals surface area contributed by atoms with Gasteiger partial charge >= 0.3 is 0 Å². The molecule has 0 bridgehead atoms. The number of nitrogens with zero attached hydrogens (tertiary/aromatic N) is 4. The third kappa shape index (κ3) is 6.03. The van der Waals surface area contributed by atoms with Crippen LogP contribution in [0.1, 0.15) is 34.2 Å². The second-order valence-electron chi connectivity index (χ2n) is 12.0. The van der Waals surface area contributed by atoms with E-state index >= 15 is 0 Å². The van der Waals surface area contributed by atoms with Gasteiger partial charge in [0.05, 0.1) is 33.1 Å². The van der Waals surface area contributed by atoms with Gasteiger partial charge in [0.2, 0.25) is 0 Å². The molecule has 0 radical (unpaired) electrons. The summed E-state index contributed by atoms with van der Waals surface area (Å²) >= 11 is 1.48. The Labute approximate surface area is 258 Å². The molecule has 0 aliphatic heterocycles. The lowest BCUT2D eigenvalue weighted by molar-refractivity contribution is 0.0814. The molecule has 1 unspecified atom stereocenters. The fourth-order valence-corrected chi connectivity index (χ4v) is 8.09. The van der Waals surface area contributed by atoms with Crippen molar-refractivity contribution >= 4 is 51.8 Å². The molecule has 224 valence electrons. The molecular weight excluding hydrogens is 597 g/mol. The molecule has 0 saturated heterocycles. The van der Waals surface area contributed by atoms with E-state index in [9.17, 15) is 18.8 Å². The van der Waals surface area contributed by atoms with E-state index in [2.05, 4.69) is 25.7 Å². The molecule has 5 rings (SSSR count). The average Bonchev–Trinajstić information content (AvgIpc) is 3.57. The van der Waals surface area contributed by atoms with Crippen LogP contribution in [0.3, 0.4) is 0 Å². The number of benzene rings is 3. The molecule has 3 aromatic carbocycles. The second kappa shape index (κ2) is 11.9. The Morgan fingerprint density at radius 3 is 2.47 bits per heavy atom. The fraction of sp³-hybridized carbons (Fsp3) is 0.312. The number of nitriles is 1. The van der Waals surface area contributed by atoms with Gasteiger partial charge in [-0.3, -0.25) is 0 Å². The molecule has 0 aliphatic carbocycles. The molecule has 1 atom stereocenters. The van der Waals surface area contributed by atoms with Crippen molar-refractivity contribution in [3.63, 3.8) is 0 Å². The monoisotopic (exact) mass is 632 g/mol. The number of ether oxygens (including phenoxy) is 1. The Balaban J connectivity index is 1.66. The number of rotatable bonds is 10. The molecule has 2 heterocycles. The van der Waals surface area contributed by atoms with Crippen LogP contribution in [0, 0.1) is 25.2 Å². The number of hydrogen-bond acceptors (Lipinski definition) is 7. The van der Waals surface area contributed by atoms with Gasteiger partial charge in [-0.1, -0.05) is 37.3 Å². The first-order chi connectivity index (χ1) is 20.4. The first kappa shape index (κ1) is 31.0. The Kier molecular flexibility index (Phi) is 8.62.